The first kappa shape index (κ1) is 29.3. The van der Waals surface area contributed by atoms with Crippen molar-refractivity contribution in [1.29, 1.82) is 0 Å². The first-order valence-corrected chi connectivity index (χ1v) is 16.3. The van der Waals surface area contributed by atoms with Gasteiger partial charge in [0, 0.05) is 63.7 Å². The van der Waals surface area contributed by atoms with Gasteiger partial charge >= 0.3 is 5.97 Å². The van der Waals surface area contributed by atoms with Gasteiger partial charge in [-0.1, -0.05) is 0 Å². The fourth-order valence-corrected chi connectivity index (χ4v) is 7.81. The van der Waals surface area contributed by atoms with Gasteiger partial charge in [0.05, 0.1) is 18.5 Å². The SMILES string of the molecule is CCOC(=O)c1cnc(Nc2cnn(C)c2)nc1NC1CCC(N2CCN(C3CCC4(CCNCC4)CC3)CC2)CC1. The van der Waals surface area contributed by atoms with Gasteiger partial charge in [-0.15, -0.1) is 0 Å². The molecule has 6 rings (SSSR count). The molecule has 3 N–H and O–H groups in total. The van der Waals surface area contributed by atoms with Gasteiger partial charge in [-0.2, -0.15) is 10.1 Å². The predicted molar refractivity (Wildman–Crippen MR) is 164 cm³/mol. The van der Waals surface area contributed by atoms with Crippen LogP contribution in [0.2, 0.25) is 0 Å². The molecule has 0 unspecified atom stereocenters. The van der Waals surface area contributed by atoms with Gasteiger partial charge in [0.15, 0.2) is 0 Å². The smallest absolute Gasteiger partial charge is 0.343 e. The zero-order valence-corrected chi connectivity index (χ0v) is 25.5. The Morgan fingerprint density at radius 1 is 0.976 bits per heavy atom. The highest BCUT2D eigenvalue weighted by atomic mass is 16.5. The molecule has 2 saturated carbocycles. The van der Waals surface area contributed by atoms with Gasteiger partial charge in [-0.25, -0.2) is 9.78 Å². The van der Waals surface area contributed by atoms with Gasteiger partial charge in [0.25, 0.3) is 0 Å². The number of anilines is 3. The number of hydrogen-bond donors (Lipinski definition) is 3. The van der Waals surface area contributed by atoms with E-state index in [0.717, 1.165) is 37.4 Å². The van der Waals surface area contributed by atoms with Crippen LogP contribution in [0.3, 0.4) is 0 Å². The Bertz CT molecular complexity index is 1170. The molecule has 1 spiro atoms. The van der Waals surface area contributed by atoms with Crippen LogP contribution in [-0.4, -0.2) is 99.5 Å². The minimum Gasteiger partial charge on any atom is -0.462 e. The third-order valence-electron chi connectivity index (χ3n) is 10.3. The molecule has 2 aromatic rings. The number of esters is 1. The van der Waals surface area contributed by atoms with Gasteiger partial charge < -0.3 is 20.7 Å². The number of ether oxygens (including phenoxy) is 1. The molecule has 230 valence electrons. The van der Waals surface area contributed by atoms with Gasteiger partial charge in [0.1, 0.15) is 11.4 Å². The maximum absolute atomic E-state index is 12.7. The molecule has 11 heteroatoms. The van der Waals surface area contributed by atoms with E-state index in [4.69, 9.17) is 4.74 Å². The number of nitrogens with zero attached hydrogens (tertiary/aromatic N) is 6. The van der Waals surface area contributed by atoms with Crippen molar-refractivity contribution >= 4 is 23.4 Å². The Morgan fingerprint density at radius 2 is 1.64 bits per heavy atom. The van der Waals surface area contributed by atoms with Crippen molar-refractivity contribution in [2.45, 2.75) is 89.3 Å². The summed E-state index contributed by atoms with van der Waals surface area (Å²) in [6.07, 6.45) is 18.0. The third-order valence-corrected chi connectivity index (χ3v) is 10.3. The molecule has 0 bridgehead atoms. The molecule has 42 heavy (non-hydrogen) atoms. The average Bonchev–Trinajstić information content (AvgIpc) is 3.43. The summed E-state index contributed by atoms with van der Waals surface area (Å²) >= 11 is 0. The number of aryl methyl sites for hydroxylation is 1. The van der Waals surface area contributed by atoms with E-state index in [1.807, 2.05) is 20.2 Å². The lowest BCUT2D eigenvalue weighted by Crippen LogP contribution is -2.55. The second-order valence-corrected chi connectivity index (χ2v) is 12.9. The number of hydrogen-bond acceptors (Lipinski definition) is 10. The first-order valence-electron chi connectivity index (χ1n) is 16.3. The maximum Gasteiger partial charge on any atom is 0.343 e. The summed E-state index contributed by atoms with van der Waals surface area (Å²) in [5, 5.41) is 14.5. The fraction of sp³-hybridized carbons (Fsp3) is 0.742. The molecule has 2 saturated heterocycles. The van der Waals surface area contributed by atoms with E-state index in [0.29, 0.717) is 35.4 Å². The van der Waals surface area contributed by atoms with Crippen molar-refractivity contribution in [3.05, 3.63) is 24.2 Å². The number of carbonyl (C=O) groups excluding carboxylic acids is 1. The lowest BCUT2D eigenvalue weighted by Gasteiger charge is -2.48. The van der Waals surface area contributed by atoms with E-state index < -0.39 is 5.97 Å². The predicted octanol–water partition coefficient (Wildman–Crippen LogP) is 3.78. The van der Waals surface area contributed by atoms with Crippen molar-refractivity contribution in [2.75, 3.05) is 56.5 Å². The molecule has 0 atom stereocenters. The monoisotopic (exact) mass is 579 g/mol. The van der Waals surface area contributed by atoms with Crippen LogP contribution in [0.1, 0.15) is 81.5 Å². The van der Waals surface area contributed by atoms with E-state index in [-0.39, 0.29) is 6.04 Å². The summed E-state index contributed by atoms with van der Waals surface area (Å²) in [6.45, 7) is 9.37. The quantitative estimate of drug-likeness (QED) is 0.400. The topological polar surface area (TPSA) is 112 Å². The summed E-state index contributed by atoms with van der Waals surface area (Å²) in [6, 6.07) is 1.71. The second-order valence-electron chi connectivity index (χ2n) is 12.9. The fourth-order valence-electron chi connectivity index (χ4n) is 7.81. The number of rotatable bonds is 8. The average molecular weight is 580 g/mol. The van der Waals surface area contributed by atoms with Crippen molar-refractivity contribution in [1.82, 2.24) is 34.9 Å². The van der Waals surface area contributed by atoms with Crippen LogP contribution < -0.4 is 16.0 Å². The zero-order valence-electron chi connectivity index (χ0n) is 25.5. The van der Waals surface area contributed by atoms with Crippen LogP contribution in [0.25, 0.3) is 0 Å². The van der Waals surface area contributed by atoms with E-state index in [1.54, 1.807) is 17.1 Å². The number of piperazine rings is 1. The van der Waals surface area contributed by atoms with Crippen molar-refractivity contribution in [2.24, 2.45) is 12.5 Å². The Hall–Kier alpha value is -2.76. The third kappa shape index (κ3) is 6.89. The summed E-state index contributed by atoms with van der Waals surface area (Å²) in [5.41, 5.74) is 1.82. The molecule has 2 aliphatic heterocycles. The van der Waals surface area contributed by atoms with Crippen molar-refractivity contribution in [3.63, 3.8) is 0 Å². The second kappa shape index (κ2) is 13.3. The lowest BCUT2D eigenvalue weighted by atomic mass is 9.67. The largest absolute Gasteiger partial charge is 0.462 e. The van der Waals surface area contributed by atoms with Crippen LogP contribution in [0.5, 0.6) is 0 Å². The molecule has 4 aliphatic rings. The van der Waals surface area contributed by atoms with Gasteiger partial charge in [0.2, 0.25) is 5.95 Å². The zero-order chi connectivity index (χ0) is 28.9. The molecule has 4 heterocycles. The van der Waals surface area contributed by atoms with E-state index in [1.165, 1.54) is 77.8 Å². The molecule has 0 radical (unpaired) electrons. The molecule has 0 aromatic carbocycles. The summed E-state index contributed by atoms with van der Waals surface area (Å²) in [7, 11) is 1.86. The highest BCUT2D eigenvalue weighted by Gasteiger charge is 2.39. The van der Waals surface area contributed by atoms with Crippen LogP contribution in [0.15, 0.2) is 18.6 Å². The summed E-state index contributed by atoms with van der Waals surface area (Å²) in [5.74, 6) is 0.558. The Balaban J connectivity index is 0.992. The number of carbonyl (C=O) groups is 1. The maximum atomic E-state index is 12.7. The van der Waals surface area contributed by atoms with Crippen LogP contribution in [0.4, 0.5) is 17.5 Å². The Labute approximate surface area is 250 Å². The Kier molecular flexibility index (Phi) is 9.26. The minimum atomic E-state index is -0.400. The molecule has 11 nitrogen and oxygen atoms in total. The van der Waals surface area contributed by atoms with Crippen LogP contribution in [0, 0.1) is 5.41 Å². The number of aromatic nitrogens is 4. The van der Waals surface area contributed by atoms with Gasteiger partial charge in [-0.05, 0) is 89.6 Å². The summed E-state index contributed by atoms with van der Waals surface area (Å²) in [4.78, 5) is 27.3. The van der Waals surface area contributed by atoms with E-state index in [2.05, 4.69) is 40.8 Å². The van der Waals surface area contributed by atoms with Crippen molar-refractivity contribution < 1.29 is 9.53 Å². The van der Waals surface area contributed by atoms with Gasteiger partial charge in [-0.3, -0.25) is 14.5 Å². The molecule has 4 fully saturated rings. The van der Waals surface area contributed by atoms with E-state index in [9.17, 15) is 4.79 Å². The standard InChI is InChI=1S/C31H49N9O2/c1-3-42-29(41)27-21-33-30(36-24-20-34-38(2)22-24)37-28(27)35-23-4-6-25(7-5-23)39-16-18-40(19-17-39)26-8-10-31(11-9-26)12-14-32-15-13-31/h20-23,25-26,32H,3-19H2,1-2H3,(H2,33,35,36,37). The molecule has 2 aliphatic carbocycles. The number of piperidine rings is 1. The van der Waals surface area contributed by atoms with Crippen molar-refractivity contribution in [3.8, 4) is 0 Å². The highest BCUT2D eigenvalue weighted by molar-refractivity contribution is 5.94. The van der Waals surface area contributed by atoms with E-state index >= 15 is 0 Å². The lowest BCUT2D eigenvalue weighted by molar-refractivity contribution is 0.0198. The molecule has 0 amide bonds. The minimum absolute atomic E-state index is 0.265. The molecule has 2 aromatic heterocycles. The Morgan fingerprint density at radius 3 is 2.26 bits per heavy atom. The number of nitrogens with one attached hydrogen (secondary N) is 3. The molecular formula is C31H49N9O2. The first-order chi connectivity index (χ1) is 20.5. The molecular weight excluding hydrogens is 530 g/mol. The summed E-state index contributed by atoms with van der Waals surface area (Å²) < 4.78 is 7.01. The highest BCUT2D eigenvalue weighted by Crippen LogP contribution is 2.44. The van der Waals surface area contributed by atoms with Crippen LogP contribution >= 0.6 is 0 Å². The van der Waals surface area contributed by atoms with Crippen LogP contribution in [-0.2, 0) is 11.8 Å². The normalized spacial score (nSPS) is 25.8.